The van der Waals surface area contributed by atoms with E-state index in [-0.39, 0.29) is 5.91 Å². The Kier molecular flexibility index (Phi) is 6.26. The lowest BCUT2D eigenvalue weighted by atomic mass is 10.0. The number of nitrogens with zero attached hydrogens (tertiary/aromatic N) is 1. The lowest BCUT2D eigenvalue weighted by molar-refractivity contribution is -0.127. The Morgan fingerprint density at radius 3 is 2.11 bits per heavy atom. The molecule has 1 aliphatic heterocycles. The first-order chi connectivity index (χ1) is 13.1. The van der Waals surface area contributed by atoms with Crippen molar-refractivity contribution in [3.63, 3.8) is 0 Å². The van der Waals surface area contributed by atoms with E-state index >= 15 is 0 Å². The molecule has 140 valence electrons. The summed E-state index contributed by atoms with van der Waals surface area (Å²) < 4.78 is 0. The predicted molar refractivity (Wildman–Crippen MR) is 106 cm³/mol. The van der Waals surface area contributed by atoms with Gasteiger partial charge >= 0.3 is 0 Å². The molecule has 27 heavy (non-hydrogen) atoms. The van der Waals surface area contributed by atoms with Crippen molar-refractivity contribution >= 4 is 17.5 Å². The minimum atomic E-state index is -0.716. The number of carbonyl (C=O) groups excluding carboxylic acids is 2. The fourth-order valence-corrected chi connectivity index (χ4v) is 3.27. The maximum atomic E-state index is 12.8. The van der Waals surface area contributed by atoms with Gasteiger partial charge in [-0.15, -0.1) is 0 Å². The molecule has 1 heterocycles. The van der Waals surface area contributed by atoms with Gasteiger partial charge in [-0.3, -0.25) is 9.59 Å². The van der Waals surface area contributed by atoms with Gasteiger partial charge in [-0.25, -0.2) is 0 Å². The Labute approximate surface area is 159 Å². The zero-order chi connectivity index (χ0) is 19.1. The molecule has 5 heteroatoms. The van der Waals surface area contributed by atoms with E-state index in [4.69, 9.17) is 5.73 Å². The van der Waals surface area contributed by atoms with Crippen LogP contribution in [0.2, 0.25) is 0 Å². The van der Waals surface area contributed by atoms with Crippen molar-refractivity contribution in [2.45, 2.75) is 25.3 Å². The predicted octanol–water partition coefficient (Wildman–Crippen LogP) is 2.86. The third kappa shape index (κ3) is 4.97. The normalized spacial score (nSPS) is 15.9. The second-order valence-electron chi connectivity index (χ2n) is 6.70. The first kappa shape index (κ1) is 18.7. The summed E-state index contributed by atoms with van der Waals surface area (Å²) in [5.74, 6) is -0.536. The average Bonchev–Trinajstić information content (AvgIpc) is 2.72. The Hall–Kier alpha value is -3.08. The van der Waals surface area contributed by atoms with Crippen LogP contribution in [0.15, 0.2) is 66.7 Å². The zero-order valence-electron chi connectivity index (χ0n) is 15.3. The molecule has 2 amide bonds. The van der Waals surface area contributed by atoms with Crippen LogP contribution in [0.5, 0.6) is 0 Å². The highest BCUT2D eigenvalue weighted by Crippen LogP contribution is 2.20. The molecule has 1 aliphatic rings. The van der Waals surface area contributed by atoms with Gasteiger partial charge < -0.3 is 16.0 Å². The van der Waals surface area contributed by atoms with Gasteiger partial charge in [0.15, 0.2) is 0 Å². The molecule has 1 atom stereocenters. The van der Waals surface area contributed by atoms with Crippen molar-refractivity contribution in [3.05, 3.63) is 77.9 Å². The van der Waals surface area contributed by atoms with Gasteiger partial charge in [0.2, 0.25) is 11.8 Å². The average molecular weight is 363 g/mol. The SMILES string of the molecule is NC(=O)[C@@H](N/C(=C\C(=O)N1CCCCC1)c1ccccc1)c1ccccc1. The van der Waals surface area contributed by atoms with E-state index < -0.39 is 11.9 Å². The van der Waals surface area contributed by atoms with E-state index in [2.05, 4.69) is 5.32 Å². The van der Waals surface area contributed by atoms with E-state index in [1.165, 1.54) is 0 Å². The lowest BCUT2D eigenvalue weighted by Gasteiger charge is -2.26. The monoisotopic (exact) mass is 363 g/mol. The molecule has 0 bridgehead atoms. The number of primary amides is 1. The van der Waals surface area contributed by atoms with Crippen LogP contribution in [0.3, 0.4) is 0 Å². The third-order valence-electron chi connectivity index (χ3n) is 4.74. The van der Waals surface area contributed by atoms with Gasteiger partial charge in [0.25, 0.3) is 0 Å². The van der Waals surface area contributed by atoms with Gasteiger partial charge in [-0.1, -0.05) is 60.7 Å². The van der Waals surface area contributed by atoms with E-state index in [0.29, 0.717) is 5.70 Å². The first-order valence-corrected chi connectivity index (χ1v) is 9.32. The quantitative estimate of drug-likeness (QED) is 0.775. The van der Waals surface area contributed by atoms with E-state index in [1.807, 2.05) is 65.6 Å². The molecule has 3 N–H and O–H groups in total. The van der Waals surface area contributed by atoms with Crippen LogP contribution in [-0.2, 0) is 9.59 Å². The molecule has 0 saturated carbocycles. The lowest BCUT2D eigenvalue weighted by Crippen LogP contribution is -2.36. The molecule has 0 unspecified atom stereocenters. The van der Waals surface area contributed by atoms with Crippen molar-refractivity contribution in [1.82, 2.24) is 10.2 Å². The zero-order valence-corrected chi connectivity index (χ0v) is 15.3. The van der Waals surface area contributed by atoms with Gasteiger partial charge in [-0.05, 0) is 30.4 Å². The van der Waals surface area contributed by atoms with Crippen molar-refractivity contribution < 1.29 is 9.59 Å². The van der Waals surface area contributed by atoms with Crippen LogP contribution in [0.1, 0.15) is 36.4 Å². The number of carbonyl (C=O) groups is 2. The summed E-state index contributed by atoms with van der Waals surface area (Å²) >= 11 is 0. The summed E-state index contributed by atoms with van der Waals surface area (Å²) in [6, 6.07) is 18.1. The molecule has 1 fully saturated rings. The standard InChI is InChI=1S/C22H25N3O2/c23-22(27)21(18-12-6-2-7-13-18)24-19(17-10-4-1-5-11-17)16-20(26)25-14-8-3-9-15-25/h1-2,4-7,10-13,16,21,24H,3,8-9,14-15H2,(H2,23,27)/b19-16-/t21-/m0/s1. The summed E-state index contributed by atoms with van der Waals surface area (Å²) in [6.07, 6.45) is 4.80. The Morgan fingerprint density at radius 2 is 1.52 bits per heavy atom. The van der Waals surface area contributed by atoms with Crippen LogP contribution in [0, 0.1) is 0 Å². The van der Waals surface area contributed by atoms with E-state index in [9.17, 15) is 9.59 Å². The summed E-state index contributed by atoms with van der Waals surface area (Å²) in [7, 11) is 0. The molecule has 1 saturated heterocycles. The number of amides is 2. The van der Waals surface area contributed by atoms with E-state index in [1.54, 1.807) is 6.08 Å². The highest BCUT2D eigenvalue weighted by Gasteiger charge is 2.21. The topological polar surface area (TPSA) is 75.4 Å². The minimum Gasteiger partial charge on any atom is -0.369 e. The first-order valence-electron chi connectivity index (χ1n) is 9.32. The Morgan fingerprint density at radius 1 is 0.926 bits per heavy atom. The highest BCUT2D eigenvalue weighted by atomic mass is 16.2. The number of nitrogens with one attached hydrogen (secondary N) is 1. The van der Waals surface area contributed by atoms with Crippen LogP contribution < -0.4 is 11.1 Å². The summed E-state index contributed by atoms with van der Waals surface area (Å²) in [6.45, 7) is 1.55. The summed E-state index contributed by atoms with van der Waals surface area (Å²) in [4.78, 5) is 26.7. The largest absolute Gasteiger partial charge is 0.369 e. The Balaban J connectivity index is 1.91. The molecule has 2 aromatic carbocycles. The molecule has 0 aliphatic carbocycles. The summed E-state index contributed by atoms with van der Waals surface area (Å²) in [5.41, 5.74) is 7.84. The number of rotatable bonds is 6. The molecule has 0 spiro atoms. The Bertz CT molecular complexity index is 797. The van der Waals surface area contributed by atoms with Crippen LogP contribution in [-0.4, -0.2) is 29.8 Å². The van der Waals surface area contributed by atoms with Crippen molar-refractivity contribution in [2.75, 3.05) is 13.1 Å². The highest BCUT2D eigenvalue weighted by molar-refractivity contribution is 5.96. The van der Waals surface area contributed by atoms with Crippen molar-refractivity contribution in [2.24, 2.45) is 5.73 Å². The fraction of sp³-hybridized carbons (Fsp3) is 0.273. The number of likely N-dealkylation sites (tertiary alicyclic amines) is 1. The molecule has 0 aromatic heterocycles. The molecular weight excluding hydrogens is 338 g/mol. The molecule has 0 radical (unpaired) electrons. The van der Waals surface area contributed by atoms with Gasteiger partial charge in [0.05, 0.1) is 0 Å². The molecule has 3 rings (SSSR count). The maximum Gasteiger partial charge on any atom is 0.248 e. The smallest absolute Gasteiger partial charge is 0.248 e. The minimum absolute atomic E-state index is 0.0441. The fourth-order valence-electron chi connectivity index (χ4n) is 3.27. The number of benzene rings is 2. The second-order valence-corrected chi connectivity index (χ2v) is 6.70. The van der Waals surface area contributed by atoms with E-state index in [0.717, 1.165) is 43.5 Å². The van der Waals surface area contributed by atoms with Gasteiger partial charge in [0, 0.05) is 24.9 Å². The molecular formula is C22H25N3O2. The molecule has 5 nitrogen and oxygen atoms in total. The number of piperidine rings is 1. The van der Waals surface area contributed by atoms with Crippen molar-refractivity contribution in [1.29, 1.82) is 0 Å². The van der Waals surface area contributed by atoms with Crippen LogP contribution in [0.4, 0.5) is 0 Å². The second kappa shape index (κ2) is 9.03. The van der Waals surface area contributed by atoms with Crippen LogP contribution >= 0.6 is 0 Å². The third-order valence-corrected chi connectivity index (χ3v) is 4.74. The maximum absolute atomic E-state index is 12.8. The van der Waals surface area contributed by atoms with Crippen LogP contribution in [0.25, 0.3) is 5.70 Å². The number of nitrogens with two attached hydrogens (primary N) is 1. The van der Waals surface area contributed by atoms with Crippen molar-refractivity contribution in [3.8, 4) is 0 Å². The number of hydrogen-bond acceptors (Lipinski definition) is 3. The van der Waals surface area contributed by atoms with Gasteiger partial charge in [0.1, 0.15) is 6.04 Å². The molecule has 2 aromatic rings. The number of hydrogen-bond donors (Lipinski definition) is 2. The summed E-state index contributed by atoms with van der Waals surface area (Å²) in [5, 5.41) is 3.20. The van der Waals surface area contributed by atoms with Gasteiger partial charge in [-0.2, -0.15) is 0 Å².